The van der Waals surface area contributed by atoms with E-state index in [1.165, 1.54) is 36.9 Å². The lowest BCUT2D eigenvalue weighted by atomic mass is 10.0. The zero-order valence-corrected chi connectivity index (χ0v) is 16.4. The van der Waals surface area contributed by atoms with Crippen LogP contribution in [0.25, 0.3) is 0 Å². The average molecular weight is 383 g/mol. The second-order valence-corrected chi connectivity index (χ2v) is 6.64. The summed E-state index contributed by atoms with van der Waals surface area (Å²) in [5, 5.41) is 2.73. The fraction of sp³-hybridized carbons (Fsp3) is 0.318. The van der Waals surface area contributed by atoms with Crippen LogP contribution in [0, 0.1) is 0 Å². The number of esters is 2. The molecule has 1 amide bonds. The molecule has 0 saturated heterocycles. The molecule has 6 heteroatoms. The van der Waals surface area contributed by atoms with Gasteiger partial charge in [-0.05, 0) is 47.7 Å². The number of hydrogen-bond donors (Lipinski definition) is 1. The van der Waals surface area contributed by atoms with E-state index in [0.29, 0.717) is 24.4 Å². The third-order valence-corrected chi connectivity index (χ3v) is 4.26. The van der Waals surface area contributed by atoms with E-state index in [4.69, 9.17) is 4.74 Å². The molecule has 28 heavy (non-hydrogen) atoms. The topological polar surface area (TPSA) is 81.7 Å². The highest BCUT2D eigenvalue weighted by molar-refractivity contribution is 5.94. The van der Waals surface area contributed by atoms with Crippen molar-refractivity contribution in [2.75, 3.05) is 20.3 Å². The van der Waals surface area contributed by atoms with Gasteiger partial charge < -0.3 is 14.8 Å². The van der Waals surface area contributed by atoms with E-state index in [9.17, 15) is 14.4 Å². The van der Waals surface area contributed by atoms with Crippen LogP contribution in [0.1, 0.15) is 51.6 Å². The first-order valence-electron chi connectivity index (χ1n) is 9.11. The minimum atomic E-state index is -0.629. The van der Waals surface area contributed by atoms with E-state index in [1.54, 1.807) is 0 Å². The van der Waals surface area contributed by atoms with Crippen molar-refractivity contribution in [2.45, 2.75) is 26.2 Å². The first-order chi connectivity index (χ1) is 13.4. The van der Waals surface area contributed by atoms with Crippen LogP contribution in [0.2, 0.25) is 0 Å². The minimum absolute atomic E-state index is 0.255. The van der Waals surface area contributed by atoms with Crippen LogP contribution in [0.15, 0.2) is 48.5 Å². The molecular weight excluding hydrogens is 358 g/mol. The van der Waals surface area contributed by atoms with E-state index < -0.39 is 11.9 Å². The Morgan fingerprint density at radius 1 is 0.893 bits per heavy atom. The molecular formula is C22H25NO5. The van der Waals surface area contributed by atoms with Crippen molar-refractivity contribution < 1.29 is 23.9 Å². The van der Waals surface area contributed by atoms with Crippen molar-refractivity contribution in [3.8, 4) is 0 Å². The highest BCUT2D eigenvalue weighted by atomic mass is 16.5. The second-order valence-electron chi connectivity index (χ2n) is 6.64. The molecule has 0 saturated carbocycles. The number of hydrogen-bond acceptors (Lipinski definition) is 5. The lowest BCUT2D eigenvalue weighted by Gasteiger charge is -2.09. The zero-order valence-electron chi connectivity index (χ0n) is 16.4. The molecule has 0 unspecified atom stereocenters. The van der Waals surface area contributed by atoms with Crippen LogP contribution in [0.4, 0.5) is 0 Å². The summed E-state index contributed by atoms with van der Waals surface area (Å²) in [7, 11) is 1.28. The number of benzene rings is 2. The Balaban J connectivity index is 1.73. The Morgan fingerprint density at radius 2 is 1.46 bits per heavy atom. The van der Waals surface area contributed by atoms with Gasteiger partial charge in [-0.1, -0.05) is 38.1 Å². The fourth-order valence-electron chi connectivity index (χ4n) is 2.54. The van der Waals surface area contributed by atoms with Crippen molar-refractivity contribution >= 4 is 17.8 Å². The number of methoxy groups -OCH3 is 1. The summed E-state index contributed by atoms with van der Waals surface area (Å²) in [4.78, 5) is 35.2. The van der Waals surface area contributed by atoms with Crippen LogP contribution >= 0.6 is 0 Å². The molecule has 0 atom stereocenters. The van der Waals surface area contributed by atoms with Gasteiger partial charge in [0, 0.05) is 6.54 Å². The fourth-order valence-corrected chi connectivity index (χ4v) is 2.54. The Bertz CT molecular complexity index is 810. The van der Waals surface area contributed by atoms with Gasteiger partial charge in [0.05, 0.1) is 18.2 Å². The van der Waals surface area contributed by atoms with Gasteiger partial charge in [-0.15, -0.1) is 0 Å². The maximum Gasteiger partial charge on any atom is 0.338 e. The van der Waals surface area contributed by atoms with Gasteiger partial charge >= 0.3 is 11.9 Å². The molecule has 0 aliphatic rings. The Morgan fingerprint density at radius 3 is 2.00 bits per heavy atom. The molecule has 0 spiro atoms. The number of ether oxygens (including phenoxy) is 2. The Hall–Kier alpha value is -3.15. The summed E-state index contributed by atoms with van der Waals surface area (Å²) < 4.78 is 9.59. The van der Waals surface area contributed by atoms with Gasteiger partial charge in [0.15, 0.2) is 6.61 Å². The van der Waals surface area contributed by atoms with Gasteiger partial charge in [-0.3, -0.25) is 4.79 Å². The normalized spacial score (nSPS) is 10.4. The predicted octanol–water partition coefficient (Wildman–Crippen LogP) is 3.11. The minimum Gasteiger partial charge on any atom is -0.465 e. The van der Waals surface area contributed by atoms with Crippen molar-refractivity contribution in [3.63, 3.8) is 0 Å². The molecule has 0 heterocycles. The standard InChI is InChI=1S/C22H25NO5/c1-15(2)17-6-4-16(5-7-17)12-13-23-20(24)14-28-22(26)19-10-8-18(9-11-19)21(25)27-3/h4-11,15H,12-14H2,1-3H3,(H,23,24). The molecule has 0 aliphatic heterocycles. The predicted molar refractivity (Wildman–Crippen MR) is 105 cm³/mol. The first-order valence-corrected chi connectivity index (χ1v) is 9.11. The monoisotopic (exact) mass is 383 g/mol. The quantitative estimate of drug-likeness (QED) is 0.709. The van der Waals surface area contributed by atoms with E-state index in [2.05, 4.69) is 48.2 Å². The van der Waals surface area contributed by atoms with Crippen LogP contribution in [-0.2, 0) is 20.7 Å². The van der Waals surface area contributed by atoms with Crippen LogP contribution < -0.4 is 5.32 Å². The summed E-state index contributed by atoms with van der Waals surface area (Å²) >= 11 is 0. The molecule has 2 aromatic carbocycles. The van der Waals surface area contributed by atoms with Crippen molar-refractivity contribution in [1.82, 2.24) is 5.32 Å². The Kier molecular flexibility index (Phi) is 7.75. The maximum atomic E-state index is 12.0. The highest BCUT2D eigenvalue weighted by Crippen LogP contribution is 2.14. The first kappa shape index (κ1) is 21.2. The summed E-state index contributed by atoms with van der Waals surface area (Å²) in [6, 6.07) is 14.1. The van der Waals surface area contributed by atoms with Gasteiger partial charge in [-0.2, -0.15) is 0 Å². The molecule has 0 aliphatic carbocycles. The van der Waals surface area contributed by atoms with Crippen LogP contribution in [0.5, 0.6) is 0 Å². The van der Waals surface area contributed by atoms with Gasteiger partial charge in [-0.25, -0.2) is 9.59 Å². The Labute approximate surface area is 164 Å². The molecule has 148 valence electrons. The third-order valence-electron chi connectivity index (χ3n) is 4.26. The summed E-state index contributed by atoms with van der Waals surface area (Å²) in [5.41, 5.74) is 3.00. The summed E-state index contributed by atoms with van der Waals surface area (Å²) in [6.07, 6.45) is 0.701. The van der Waals surface area contributed by atoms with E-state index in [0.717, 1.165) is 5.56 Å². The number of amides is 1. The van der Waals surface area contributed by atoms with Gasteiger partial charge in [0.1, 0.15) is 0 Å². The smallest absolute Gasteiger partial charge is 0.338 e. The maximum absolute atomic E-state index is 12.0. The molecule has 1 N–H and O–H groups in total. The largest absolute Gasteiger partial charge is 0.465 e. The van der Waals surface area contributed by atoms with E-state index in [-0.39, 0.29) is 18.1 Å². The second kappa shape index (κ2) is 10.3. The number of nitrogens with one attached hydrogen (secondary N) is 1. The lowest BCUT2D eigenvalue weighted by molar-refractivity contribution is -0.124. The van der Waals surface area contributed by atoms with Gasteiger partial charge in [0.2, 0.25) is 0 Å². The molecule has 2 rings (SSSR count). The van der Waals surface area contributed by atoms with Crippen molar-refractivity contribution in [1.29, 1.82) is 0 Å². The zero-order chi connectivity index (χ0) is 20.5. The van der Waals surface area contributed by atoms with E-state index >= 15 is 0 Å². The van der Waals surface area contributed by atoms with Gasteiger partial charge in [0.25, 0.3) is 5.91 Å². The summed E-state index contributed by atoms with van der Waals surface area (Å²) in [5.74, 6) is -0.993. The molecule has 6 nitrogen and oxygen atoms in total. The SMILES string of the molecule is COC(=O)c1ccc(C(=O)OCC(=O)NCCc2ccc(C(C)C)cc2)cc1. The van der Waals surface area contributed by atoms with Crippen molar-refractivity contribution in [3.05, 3.63) is 70.8 Å². The number of carbonyl (C=O) groups is 3. The molecule has 0 fully saturated rings. The molecule has 0 bridgehead atoms. The molecule has 0 radical (unpaired) electrons. The number of carbonyl (C=O) groups excluding carboxylic acids is 3. The van der Waals surface area contributed by atoms with Crippen LogP contribution in [0.3, 0.4) is 0 Å². The van der Waals surface area contributed by atoms with E-state index in [1.807, 2.05) is 0 Å². The molecule has 2 aromatic rings. The molecule has 0 aromatic heterocycles. The third kappa shape index (κ3) is 6.23. The lowest BCUT2D eigenvalue weighted by Crippen LogP contribution is -2.30. The number of rotatable bonds is 8. The van der Waals surface area contributed by atoms with Crippen molar-refractivity contribution in [2.24, 2.45) is 0 Å². The summed E-state index contributed by atoms with van der Waals surface area (Å²) in [6.45, 7) is 4.39. The average Bonchev–Trinajstić information content (AvgIpc) is 2.72. The van der Waals surface area contributed by atoms with Crippen LogP contribution in [-0.4, -0.2) is 38.1 Å². The highest BCUT2D eigenvalue weighted by Gasteiger charge is 2.12.